The molecule has 0 spiro atoms. The van der Waals surface area contributed by atoms with Crippen LogP contribution in [0.25, 0.3) is 0 Å². The summed E-state index contributed by atoms with van der Waals surface area (Å²) in [4.78, 5) is 1.03. The standard InChI is InChI=1S/C5H5BrClNS.ClH/c6-5-1-3(7)4(2-8)9-5;/h1H,2,8H2;1H. The van der Waals surface area contributed by atoms with Crippen molar-refractivity contribution in [2.24, 2.45) is 5.73 Å². The summed E-state index contributed by atoms with van der Waals surface area (Å²) in [5.74, 6) is 0. The quantitative estimate of drug-likeness (QED) is 0.827. The average molecular weight is 263 g/mol. The van der Waals surface area contributed by atoms with Gasteiger partial charge in [-0.25, -0.2) is 0 Å². The van der Waals surface area contributed by atoms with Gasteiger partial charge in [0.2, 0.25) is 0 Å². The molecule has 0 atom stereocenters. The van der Waals surface area contributed by atoms with E-state index >= 15 is 0 Å². The Hall–Kier alpha value is 0.720. The molecule has 1 aromatic rings. The van der Waals surface area contributed by atoms with Crippen LogP contribution in [0.15, 0.2) is 9.85 Å². The van der Waals surface area contributed by atoms with Gasteiger partial charge in [-0.05, 0) is 22.0 Å². The lowest BCUT2D eigenvalue weighted by atomic mass is 10.5. The fraction of sp³-hybridized carbons (Fsp3) is 0.200. The topological polar surface area (TPSA) is 26.0 Å². The molecule has 0 radical (unpaired) electrons. The molecule has 58 valence electrons. The molecule has 0 saturated heterocycles. The molecule has 1 aromatic heterocycles. The van der Waals surface area contributed by atoms with Gasteiger partial charge in [-0.3, -0.25) is 0 Å². The van der Waals surface area contributed by atoms with Crippen molar-refractivity contribution in [3.8, 4) is 0 Å². The minimum Gasteiger partial charge on any atom is -0.326 e. The van der Waals surface area contributed by atoms with Crippen molar-refractivity contribution in [1.29, 1.82) is 0 Å². The summed E-state index contributed by atoms with van der Waals surface area (Å²) in [7, 11) is 0. The molecular weight excluding hydrogens is 257 g/mol. The van der Waals surface area contributed by atoms with Crippen LogP contribution in [-0.2, 0) is 6.54 Å². The van der Waals surface area contributed by atoms with Gasteiger partial charge in [0, 0.05) is 11.4 Å². The maximum Gasteiger partial charge on any atom is 0.0717 e. The molecular formula is C5H6BrCl2NS. The lowest BCUT2D eigenvalue weighted by molar-refractivity contribution is 1.11. The second kappa shape index (κ2) is 4.57. The second-order valence-corrected chi connectivity index (χ2v) is 4.45. The zero-order valence-corrected chi connectivity index (χ0v) is 8.91. The van der Waals surface area contributed by atoms with E-state index in [0.29, 0.717) is 6.54 Å². The first-order chi connectivity index (χ1) is 4.24. The van der Waals surface area contributed by atoms with E-state index in [0.717, 1.165) is 13.7 Å². The van der Waals surface area contributed by atoms with Gasteiger partial charge in [-0.2, -0.15) is 0 Å². The third-order valence-electron chi connectivity index (χ3n) is 0.913. The van der Waals surface area contributed by atoms with Crippen molar-refractivity contribution in [2.45, 2.75) is 6.54 Å². The normalized spacial score (nSPS) is 9.10. The molecule has 0 aliphatic rings. The first kappa shape index (κ1) is 10.7. The number of hydrogen-bond donors (Lipinski definition) is 1. The number of nitrogens with two attached hydrogens (primary N) is 1. The van der Waals surface area contributed by atoms with E-state index < -0.39 is 0 Å². The molecule has 0 saturated carbocycles. The molecule has 1 heterocycles. The van der Waals surface area contributed by atoms with Crippen molar-refractivity contribution >= 4 is 51.3 Å². The summed E-state index contributed by atoms with van der Waals surface area (Å²) < 4.78 is 1.04. The Kier molecular flexibility index (Phi) is 4.90. The minimum absolute atomic E-state index is 0. The van der Waals surface area contributed by atoms with Gasteiger partial charge in [0.25, 0.3) is 0 Å². The summed E-state index contributed by atoms with van der Waals surface area (Å²) >= 11 is 10.6. The number of hydrogen-bond acceptors (Lipinski definition) is 2. The molecule has 0 bridgehead atoms. The van der Waals surface area contributed by atoms with E-state index in [2.05, 4.69) is 15.9 Å². The number of thiophene rings is 1. The van der Waals surface area contributed by atoms with E-state index in [9.17, 15) is 0 Å². The highest BCUT2D eigenvalue weighted by Gasteiger charge is 2.01. The molecule has 10 heavy (non-hydrogen) atoms. The Labute approximate surface area is 83.1 Å². The van der Waals surface area contributed by atoms with Crippen molar-refractivity contribution in [3.05, 3.63) is 19.8 Å². The average Bonchev–Trinajstić information content (AvgIpc) is 2.10. The maximum atomic E-state index is 5.75. The molecule has 0 aliphatic carbocycles. The predicted octanol–water partition coefficient (Wildman–Crippen LogP) is 3.04. The zero-order valence-electron chi connectivity index (χ0n) is 4.93. The molecule has 0 unspecified atom stereocenters. The third-order valence-corrected chi connectivity index (χ3v) is 3.02. The van der Waals surface area contributed by atoms with Gasteiger partial charge in [0.05, 0.1) is 8.81 Å². The Morgan fingerprint density at radius 3 is 2.50 bits per heavy atom. The summed E-state index contributed by atoms with van der Waals surface area (Å²) in [5, 5.41) is 0.759. The molecule has 2 N–H and O–H groups in total. The largest absolute Gasteiger partial charge is 0.326 e. The first-order valence-electron chi connectivity index (χ1n) is 2.38. The van der Waals surface area contributed by atoms with Crippen LogP contribution < -0.4 is 5.73 Å². The molecule has 0 amide bonds. The first-order valence-corrected chi connectivity index (χ1v) is 4.36. The lowest BCUT2D eigenvalue weighted by Crippen LogP contribution is -1.92. The van der Waals surface area contributed by atoms with Gasteiger partial charge >= 0.3 is 0 Å². The van der Waals surface area contributed by atoms with Crippen molar-refractivity contribution in [2.75, 3.05) is 0 Å². The Balaban J connectivity index is 0.000000810. The van der Waals surface area contributed by atoms with Crippen molar-refractivity contribution < 1.29 is 0 Å². The SMILES string of the molecule is Cl.NCc1sc(Br)cc1Cl. The second-order valence-electron chi connectivity index (χ2n) is 1.53. The highest BCUT2D eigenvalue weighted by molar-refractivity contribution is 9.11. The predicted molar refractivity (Wildman–Crippen MR) is 52.2 cm³/mol. The fourth-order valence-electron chi connectivity index (χ4n) is 0.515. The summed E-state index contributed by atoms with van der Waals surface area (Å²) in [6, 6.07) is 1.86. The highest BCUT2D eigenvalue weighted by Crippen LogP contribution is 2.30. The van der Waals surface area contributed by atoms with Gasteiger partial charge in [0.15, 0.2) is 0 Å². The summed E-state index contributed by atoms with van der Waals surface area (Å²) in [6.45, 7) is 0.523. The van der Waals surface area contributed by atoms with Crippen molar-refractivity contribution in [3.63, 3.8) is 0 Å². The Morgan fingerprint density at radius 1 is 1.70 bits per heavy atom. The van der Waals surface area contributed by atoms with Crippen molar-refractivity contribution in [1.82, 2.24) is 0 Å². The molecule has 1 rings (SSSR count). The maximum absolute atomic E-state index is 5.75. The molecule has 0 aromatic carbocycles. The third kappa shape index (κ3) is 2.40. The Morgan fingerprint density at radius 2 is 2.30 bits per heavy atom. The van der Waals surface area contributed by atoms with E-state index in [1.165, 1.54) is 0 Å². The van der Waals surface area contributed by atoms with E-state index in [4.69, 9.17) is 17.3 Å². The van der Waals surface area contributed by atoms with Crippen LogP contribution >= 0.6 is 51.3 Å². The Bertz CT molecular complexity index is 213. The van der Waals surface area contributed by atoms with Crippen LogP contribution in [0.5, 0.6) is 0 Å². The van der Waals surface area contributed by atoms with Crippen LogP contribution in [0.4, 0.5) is 0 Å². The lowest BCUT2D eigenvalue weighted by Gasteiger charge is -1.85. The van der Waals surface area contributed by atoms with E-state index in [-0.39, 0.29) is 12.4 Å². The molecule has 0 fully saturated rings. The van der Waals surface area contributed by atoms with Crippen LogP contribution in [-0.4, -0.2) is 0 Å². The van der Waals surface area contributed by atoms with Gasteiger partial charge in [-0.1, -0.05) is 11.6 Å². The van der Waals surface area contributed by atoms with E-state index in [1.54, 1.807) is 11.3 Å². The zero-order chi connectivity index (χ0) is 6.85. The highest BCUT2D eigenvalue weighted by atomic mass is 79.9. The summed E-state index contributed by atoms with van der Waals surface area (Å²) in [5.41, 5.74) is 5.37. The van der Waals surface area contributed by atoms with Crippen LogP contribution in [0.2, 0.25) is 5.02 Å². The smallest absolute Gasteiger partial charge is 0.0717 e. The molecule has 1 nitrogen and oxygen atoms in total. The van der Waals surface area contributed by atoms with Crippen LogP contribution in [0.3, 0.4) is 0 Å². The number of halogens is 3. The fourth-order valence-corrected chi connectivity index (χ4v) is 2.48. The summed E-state index contributed by atoms with van der Waals surface area (Å²) in [6.07, 6.45) is 0. The van der Waals surface area contributed by atoms with Crippen LogP contribution in [0, 0.1) is 0 Å². The van der Waals surface area contributed by atoms with Gasteiger partial charge < -0.3 is 5.73 Å². The number of rotatable bonds is 1. The van der Waals surface area contributed by atoms with Gasteiger partial charge in [-0.15, -0.1) is 23.7 Å². The molecule has 0 aliphatic heterocycles. The monoisotopic (exact) mass is 261 g/mol. The van der Waals surface area contributed by atoms with E-state index in [1.807, 2.05) is 6.07 Å². The van der Waals surface area contributed by atoms with Crippen LogP contribution in [0.1, 0.15) is 4.88 Å². The molecule has 5 heteroatoms. The van der Waals surface area contributed by atoms with Gasteiger partial charge in [0.1, 0.15) is 0 Å². The minimum atomic E-state index is 0.